The first-order valence-electron chi connectivity index (χ1n) is 11.9. The number of nitrogens with one attached hydrogen (secondary N) is 3. The zero-order chi connectivity index (χ0) is 27.7. The van der Waals surface area contributed by atoms with Crippen molar-refractivity contribution in [1.29, 1.82) is 5.26 Å². The molecule has 0 radical (unpaired) electrons. The van der Waals surface area contributed by atoms with Crippen LogP contribution in [0.2, 0.25) is 0 Å². The van der Waals surface area contributed by atoms with E-state index < -0.39 is 42.3 Å². The van der Waals surface area contributed by atoms with Crippen LogP contribution in [0.1, 0.15) is 43.7 Å². The topological polar surface area (TPSA) is 94.0 Å². The Hall–Kier alpha value is -3.59. The van der Waals surface area contributed by atoms with Crippen molar-refractivity contribution in [1.82, 2.24) is 10.6 Å². The Balaban J connectivity index is 1.51. The number of hydrogen-bond donors (Lipinski definition) is 3. The minimum absolute atomic E-state index is 0.0281. The molecular formula is C26H24F6N4O2. The second-order valence-electron chi connectivity index (χ2n) is 9.66. The van der Waals surface area contributed by atoms with Crippen molar-refractivity contribution in [2.75, 3.05) is 5.32 Å². The van der Waals surface area contributed by atoms with Crippen LogP contribution in [0.5, 0.6) is 0 Å². The number of nitriles is 1. The maximum Gasteiger partial charge on any atom is 0.407 e. The van der Waals surface area contributed by atoms with E-state index >= 15 is 0 Å². The summed E-state index contributed by atoms with van der Waals surface area (Å²) in [5, 5.41) is 15.9. The van der Waals surface area contributed by atoms with E-state index in [-0.39, 0.29) is 30.2 Å². The molecule has 2 aromatic rings. The van der Waals surface area contributed by atoms with Crippen LogP contribution in [0.4, 0.5) is 32.0 Å². The monoisotopic (exact) mass is 538 g/mol. The van der Waals surface area contributed by atoms with Crippen LogP contribution >= 0.6 is 0 Å². The normalized spacial score (nSPS) is 18.1. The van der Waals surface area contributed by atoms with E-state index in [0.717, 1.165) is 25.0 Å². The van der Waals surface area contributed by atoms with Gasteiger partial charge in [0, 0.05) is 11.6 Å². The zero-order valence-corrected chi connectivity index (χ0v) is 19.9. The first-order valence-corrected chi connectivity index (χ1v) is 11.9. The molecule has 4 rings (SSSR count). The standard InChI is InChI=1S/C26H24F6N4O2/c27-25(28,29)13-20(23(38)36-24(14-33)11-12-24)35-21(26(30,31)32)17-3-1-15(2-4-17)16-7-9-19(10-8-16)34-22(37)18-5-6-18/h1-4,7-10,18,20-21,35H,5-6,11-13H2,(H,34,37)(H,36,38)/t20-,21-/m0/s1. The Morgan fingerprint density at radius 1 is 0.947 bits per heavy atom. The van der Waals surface area contributed by atoms with Crippen molar-refractivity contribution >= 4 is 17.5 Å². The molecule has 2 atom stereocenters. The highest BCUT2D eigenvalue weighted by molar-refractivity contribution is 5.94. The number of anilines is 1. The van der Waals surface area contributed by atoms with Crippen LogP contribution in [0.3, 0.4) is 0 Å². The fourth-order valence-corrected chi connectivity index (χ4v) is 3.96. The van der Waals surface area contributed by atoms with E-state index in [2.05, 4.69) is 10.6 Å². The lowest BCUT2D eigenvalue weighted by Gasteiger charge is -2.28. The molecule has 0 saturated heterocycles. The number of rotatable bonds is 9. The Bertz CT molecular complexity index is 1210. The molecule has 2 saturated carbocycles. The highest BCUT2D eigenvalue weighted by atomic mass is 19.4. The van der Waals surface area contributed by atoms with E-state index in [1.807, 2.05) is 5.32 Å². The molecule has 0 unspecified atom stereocenters. The van der Waals surface area contributed by atoms with Gasteiger partial charge in [0.05, 0.1) is 18.5 Å². The third kappa shape index (κ3) is 7.04. The Morgan fingerprint density at radius 3 is 1.95 bits per heavy atom. The average Bonchev–Trinajstić information content (AvgIpc) is 3.76. The number of carbonyl (C=O) groups excluding carboxylic acids is 2. The summed E-state index contributed by atoms with van der Waals surface area (Å²) >= 11 is 0. The van der Waals surface area contributed by atoms with Crippen LogP contribution < -0.4 is 16.0 Å². The highest BCUT2D eigenvalue weighted by Gasteiger charge is 2.49. The summed E-state index contributed by atoms with van der Waals surface area (Å²) in [7, 11) is 0. The molecule has 202 valence electrons. The van der Waals surface area contributed by atoms with Crippen molar-refractivity contribution in [3.63, 3.8) is 0 Å². The minimum Gasteiger partial charge on any atom is -0.336 e. The third-order valence-corrected chi connectivity index (χ3v) is 6.45. The SMILES string of the molecule is N#CC1(NC(=O)[C@H](CC(F)(F)F)N[C@@H](c2ccc(-c3ccc(NC(=O)C4CC4)cc3)cc2)C(F)(F)F)CC1. The number of nitrogens with zero attached hydrogens (tertiary/aromatic N) is 1. The van der Waals surface area contributed by atoms with Crippen LogP contribution in [0.25, 0.3) is 11.1 Å². The molecule has 3 N–H and O–H groups in total. The van der Waals surface area contributed by atoms with E-state index in [1.54, 1.807) is 30.3 Å². The lowest BCUT2D eigenvalue weighted by atomic mass is 9.99. The maximum absolute atomic E-state index is 13.9. The second-order valence-corrected chi connectivity index (χ2v) is 9.66. The van der Waals surface area contributed by atoms with E-state index in [4.69, 9.17) is 5.26 Å². The molecule has 0 spiro atoms. The molecule has 2 fully saturated rings. The summed E-state index contributed by atoms with van der Waals surface area (Å²) in [5.41, 5.74) is 0.0637. The van der Waals surface area contributed by atoms with Gasteiger partial charge in [0.1, 0.15) is 11.6 Å². The summed E-state index contributed by atoms with van der Waals surface area (Å²) in [5.74, 6) is -1.35. The average molecular weight is 538 g/mol. The quantitative estimate of drug-likeness (QED) is 0.374. The molecule has 2 amide bonds. The van der Waals surface area contributed by atoms with E-state index in [9.17, 15) is 35.9 Å². The first kappa shape index (κ1) is 27.4. The molecule has 0 aliphatic heterocycles. The van der Waals surface area contributed by atoms with Gasteiger partial charge in [-0.3, -0.25) is 14.9 Å². The van der Waals surface area contributed by atoms with Gasteiger partial charge < -0.3 is 10.6 Å². The van der Waals surface area contributed by atoms with Gasteiger partial charge >= 0.3 is 12.4 Å². The number of benzene rings is 2. The summed E-state index contributed by atoms with van der Waals surface area (Å²) < 4.78 is 81.3. The molecule has 2 aliphatic carbocycles. The summed E-state index contributed by atoms with van der Waals surface area (Å²) in [6, 6.07) is 8.69. The fraction of sp³-hybridized carbons (Fsp3) is 0.423. The van der Waals surface area contributed by atoms with Gasteiger partial charge in [-0.15, -0.1) is 0 Å². The predicted octanol–water partition coefficient (Wildman–Crippen LogP) is 5.39. The molecule has 2 aliphatic rings. The maximum atomic E-state index is 13.9. The van der Waals surface area contributed by atoms with E-state index in [1.165, 1.54) is 12.1 Å². The van der Waals surface area contributed by atoms with Crippen molar-refractivity contribution in [2.45, 2.75) is 62.1 Å². The van der Waals surface area contributed by atoms with Gasteiger partial charge in [-0.2, -0.15) is 31.6 Å². The van der Waals surface area contributed by atoms with Gasteiger partial charge in [-0.25, -0.2) is 0 Å². The zero-order valence-electron chi connectivity index (χ0n) is 19.9. The Morgan fingerprint density at radius 2 is 1.50 bits per heavy atom. The summed E-state index contributed by atoms with van der Waals surface area (Å²) in [4.78, 5) is 24.4. The molecule has 2 aromatic carbocycles. The molecule has 0 bridgehead atoms. The van der Waals surface area contributed by atoms with Crippen molar-refractivity contribution in [3.05, 3.63) is 54.1 Å². The lowest BCUT2D eigenvalue weighted by molar-refractivity contribution is -0.171. The molecule has 6 nitrogen and oxygen atoms in total. The second kappa shape index (κ2) is 10.3. The van der Waals surface area contributed by atoms with Crippen LogP contribution in [0.15, 0.2) is 48.5 Å². The van der Waals surface area contributed by atoms with Crippen LogP contribution in [-0.4, -0.2) is 35.7 Å². The van der Waals surface area contributed by atoms with Gasteiger partial charge in [-0.1, -0.05) is 36.4 Å². The van der Waals surface area contributed by atoms with Gasteiger partial charge in [0.25, 0.3) is 0 Å². The lowest BCUT2D eigenvalue weighted by Crippen LogP contribution is -2.53. The smallest absolute Gasteiger partial charge is 0.336 e. The number of halogens is 6. The molecule has 12 heteroatoms. The van der Waals surface area contributed by atoms with Gasteiger partial charge in [-0.05, 0) is 54.5 Å². The first-order chi connectivity index (χ1) is 17.8. The molecule has 0 aromatic heterocycles. The van der Waals surface area contributed by atoms with Crippen molar-refractivity contribution in [3.8, 4) is 17.2 Å². The molecule has 38 heavy (non-hydrogen) atoms. The van der Waals surface area contributed by atoms with Gasteiger partial charge in [0.2, 0.25) is 11.8 Å². The number of amides is 2. The summed E-state index contributed by atoms with van der Waals surface area (Å²) in [6.45, 7) is 0. The number of carbonyl (C=O) groups is 2. The predicted molar refractivity (Wildman–Crippen MR) is 125 cm³/mol. The highest BCUT2D eigenvalue weighted by Crippen LogP contribution is 2.37. The number of alkyl halides is 6. The van der Waals surface area contributed by atoms with Crippen molar-refractivity contribution < 1.29 is 35.9 Å². The largest absolute Gasteiger partial charge is 0.407 e. The third-order valence-electron chi connectivity index (χ3n) is 6.45. The van der Waals surface area contributed by atoms with Crippen LogP contribution in [-0.2, 0) is 9.59 Å². The fourth-order valence-electron chi connectivity index (χ4n) is 3.96. The molecule has 0 heterocycles. The Labute approximate surface area is 214 Å². The number of hydrogen-bond acceptors (Lipinski definition) is 4. The summed E-state index contributed by atoms with van der Waals surface area (Å²) in [6.07, 6.45) is -9.65. The van der Waals surface area contributed by atoms with Crippen molar-refractivity contribution in [2.24, 2.45) is 5.92 Å². The Kier molecular flexibility index (Phi) is 7.43. The van der Waals surface area contributed by atoms with Gasteiger partial charge in [0.15, 0.2) is 0 Å². The minimum atomic E-state index is -5.01. The van der Waals surface area contributed by atoms with E-state index in [0.29, 0.717) is 16.8 Å². The molecular weight excluding hydrogens is 514 g/mol. The van der Waals surface area contributed by atoms with Crippen LogP contribution in [0, 0.1) is 17.2 Å².